The minimum Gasteiger partial charge on any atom is -0.383 e. The summed E-state index contributed by atoms with van der Waals surface area (Å²) in [5.74, 6) is 0. The number of ether oxygens (including phenoxy) is 1. The number of rotatable bonds is 9. The Bertz CT molecular complexity index is 778. The SMILES string of the molecule is COCCN(Cc1cccnc1)C(=O)Nc1ccccc1CN(C)C1CCCCC1. The van der Waals surface area contributed by atoms with Crippen molar-refractivity contribution in [2.24, 2.45) is 0 Å². The quantitative estimate of drug-likeness (QED) is 0.660. The van der Waals surface area contributed by atoms with Gasteiger partial charge in [0.05, 0.1) is 6.61 Å². The molecule has 1 saturated carbocycles. The van der Waals surface area contributed by atoms with Crippen LogP contribution < -0.4 is 5.32 Å². The van der Waals surface area contributed by atoms with Gasteiger partial charge in [-0.25, -0.2) is 4.79 Å². The number of nitrogens with zero attached hydrogens (tertiary/aromatic N) is 3. The molecule has 1 aliphatic carbocycles. The van der Waals surface area contributed by atoms with E-state index in [1.54, 1.807) is 24.4 Å². The zero-order valence-corrected chi connectivity index (χ0v) is 18.2. The average molecular weight is 411 g/mol. The number of hydrogen-bond donors (Lipinski definition) is 1. The molecule has 30 heavy (non-hydrogen) atoms. The molecule has 0 spiro atoms. The van der Waals surface area contributed by atoms with Gasteiger partial charge in [0.25, 0.3) is 0 Å². The van der Waals surface area contributed by atoms with Crippen molar-refractivity contribution in [2.45, 2.75) is 51.2 Å². The number of para-hydroxylation sites is 1. The van der Waals surface area contributed by atoms with Gasteiger partial charge in [-0.15, -0.1) is 0 Å². The first-order valence-electron chi connectivity index (χ1n) is 10.9. The topological polar surface area (TPSA) is 57.7 Å². The Hall–Kier alpha value is -2.44. The van der Waals surface area contributed by atoms with Crippen molar-refractivity contribution in [3.63, 3.8) is 0 Å². The summed E-state index contributed by atoms with van der Waals surface area (Å²) in [5.41, 5.74) is 3.01. The molecule has 0 unspecified atom stereocenters. The molecule has 1 heterocycles. The summed E-state index contributed by atoms with van der Waals surface area (Å²) in [7, 11) is 3.85. The molecule has 2 aromatic rings. The van der Waals surface area contributed by atoms with Gasteiger partial charge < -0.3 is 15.0 Å². The number of carbonyl (C=O) groups is 1. The zero-order valence-electron chi connectivity index (χ0n) is 18.2. The van der Waals surface area contributed by atoms with Crippen molar-refractivity contribution in [3.8, 4) is 0 Å². The standard InChI is InChI=1S/C24H34N4O2/c1-27(22-11-4-3-5-12-22)19-21-10-6-7-13-23(21)26-24(29)28(15-16-30-2)18-20-9-8-14-25-17-20/h6-10,13-14,17,22H,3-5,11-12,15-16,18-19H2,1-2H3,(H,26,29). The van der Waals surface area contributed by atoms with Crippen molar-refractivity contribution >= 4 is 11.7 Å². The predicted octanol–water partition coefficient (Wildman–Crippen LogP) is 4.53. The van der Waals surface area contributed by atoms with E-state index < -0.39 is 0 Å². The molecule has 1 aromatic carbocycles. The van der Waals surface area contributed by atoms with Gasteiger partial charge in [0, 0.05) is 50.9 Å². The summed E-state index contributed by atoms with van der Waals surface area (Å²) >= 11 is 0. The van der Waals surface area contributed by atoms with Gasteiger partial charge in [0.1, 0.15) is 0 Å². The normalized spacial score (nSPS) is 14.6. The monoisotopic (exact) mass is 410 g/mol. The van der Waals surface area contributed by atoms with Crippen LogP contribution in [0.1, 0.15) is 43.2 Å². The second-order valence-corrected chi connectivity index (χ2v) is 8.07. The average Bonchev–Trinajstić information content (AvgIpc) is 2.79. The first kappa shape index (κ1) is 22.2. The minimum absolute atomic E-state index is 0.122. The van der Waals surface area contributed by atoms with Crippen LogP contribution in [0.3, 0.4) is 0 Å². The van der Waals surface area contributed by atoms with Gasteiger partial charge in [-0.1, -0.05) is 43.5 Å². The lowest BCUT2D eigenvalue weighted by molar-refractivity contribution is 0.152. The lowest BCUT2D eigenvalue weighted by Gasteiger charge is -2.32. The fourth-order valence-corrected chi connectivity index (χ4v) is 4.06. The Morgan fingerprint density at radius 1 is 1.13 bits per heavy atom. The molecule has 1 aliphatic rings. The molecular formula is C24H34N4O2. The summed E-state index contributed by atoms with van der Waals surface area (Å²) in [4.78, 5) is 21.4. The fourth-order valence-electron chi connectivity index (χ4n) is 4.06. The maximum Gasteiger partial charge on any atom is 0.322 e. The predicted molar refractivity (Wildman–Crippen MR) is 120 cm³/mol. The molecule has 0 saturated heterocycles. The fraction of sp³-hybridized carbons (Fsp3) is 0.500. The molecule has 1 N–H and O–H groups in total. The van der Waals surface area contributed by atoms with Gasteiger partial charge in [-0.2, -0.15) is 0 Å². The van der Waals surface area contributed by atoms with E-state index in [2.05, 4.69) is 28.3 Å². The summed E-state index contributed by atoms with van der Waals surface area (Å²) in [6.07, 6.45) is 10.0. The highest BCUT2D eigenvalue weighted by molar-refractivity contribution is 5.90. The van der Waals surface area contributed by atoms with Gasteiger partial charge in [-0.3, -0.25) is 9.88 Å². The number of nitrogens with one attached hydrogen (secondary N) is 1. The number of hydrogen-bond acceptors (Lipinski definition) is 4. The summed E-state index contributed by atoms with van der Waals surface area (Å²) in [6.45, 7) is 2.33. The third-order valence-electron chi connectivity index (χ3n) is 5.83. The van der Waals surface area contributed by atoms with Crippen LogP contribution >= 0.6 is 0 Å². The lowest BCUT2D eigenvalue weighted by Crippen LogP contribution is -2.37. The Labute approximate surface area is 180 Å². The molecule has 0 aliphatic heterocycles. The van der Waals surface area contributed by atoms with Gasteiger partial charge >= 0.3 is 6.03 Å². The van der Waals surface area contributed by atoms with Crippen molar-refractivity contribution < 1.29 is 9.53 Å². The first-order chi connectivity index (χ1) is 14.7. The summed E-state index contributed by atoms with van der Waals surface area (Å²) < 4.78 is 5.21. The third kappa shape index (κ3) is 6.54. The van der Waals surface area contributed by atoms with E-state index in [0.717, 1.165) is 23.4 Å². The molecule has 162 valence electrons. The van der Waals surface area contributed by atoms with E-state index in [4.69, 9.17) is 4.74 Å². The Kier molecular flexibility index (Phi) is 8.66. The summed E-state index contributed by atoms with van der Waals surface area (Å²) in [6, 6.07) is 12.5. The molecule has 3 rings (SSSR count). The van der Waals surface area contributed by atoms with E-state index in [1.165, 1.54) is 32.1 Å². The van der Waals surface area contributed by atoms with Gasteiger partial charge in [0.15, 0.2) is 0 Å². The van der Waals surface area contributed by atoms with Crippen LogP contribution in [0.5, 0.6) is 0 Å². The molecule has 1 aromatic heterocycles. The molecule has 6 nitrogen and oxygen atoms in total. The van der Waals surface area contributed by atoms with E-state index in [0.29, 0.717) is 25.7 Å². The highest BCUT2D eigenvalue weighted by Gasteiger charge is 2.20. The molecule has 1 fully saturated rings. The Balaban J connectivity index is 1.67. The number of carbonyl (C=O) groups excluding carboxylic acids is 1. The number of pyridine rings is 1. The van der Waals surface area contributed by atoms with E-state index in [-0.39, 0.29) is 6.03 Å². The van der Waals surface area contributed by atoms with E-state index >= 15 is 0 Å². The third-order valence-corrected chi connectivity index (χ3v) is 5.83. The van der Waals surface area contributed by atoms with Crippen LogP contribution in [0.4, 0.5) is 10.5 Å². The number of aromatic nitrogens is 1. The molecule has 0 bridgehead atoms. The first-order valence-corrected chi connectivity index (χ1v) is 10.9. The molecule has 0 atom stereocenters. The van der Waals surface area contributed by atoms with Crippen LogP contribution in [0.2, 0.25) is 0 Å². The number of methoxy groups -OCH3 is 1. The smallest absolute Gasteiger partial charge is 0.322 e. The van der Waals surface area contributed by atoms with E-state index in [1.807, 2.05) is 30.3 Å². The Morgan fingerprint density at radius 2 is 1.93 bits per heavy atom. The van der Waals surface area contributed by atoms with Crippen molar-refractivity contribution in [2.75, 3.05) is 32.6 Å². The molecule has 2 amide bonds. The molecule has 6 heteroatoms. The highest BCUT2D eigenvalue weighted by atomic mass is 16.5. The van der Waals surface area contributed by atoms with Crippen LogP contribution in [0.25, 0.3) is 0 Å². The maximum atomic E-state index is 13.1. The van der Waals surface area contributed by atoms with Crippen LogP contribution in [-0.2, 0) is 17.8 Å². The van der Waals surface area contributed by atoms with E-state index in [9.17, 15) is 4.79 Å². The Morgan fingerprint density at radius 3 is 2.67 bits per heavy atom. The second kappa shape index (κ2) is 11.7. The number of urea groups is 1. The van der Waals surface area contributed by atoms with Gasteiger partial charge in [0.2, 0.25) is 0 Å². The van der Waals surface area contributed by atoms with Crippen LogP contribution in [0, 0.1) is 0 Å². The maximum absolute atomic E-state index is 13.1. The zero-order chi connectivity index (χ0) is 21.2. The number of amides is 2. The lowest BCUT2D eigenvalue weighted by atomic mass is 9.94. The summed E-state index contributed by atoms with van der Waals surface area (Å²) in [5, 5.41) is 3.13. The highest BCUT2D eigenvalue weighted by Crippen LogP contribution is 2.25. The minimum atomic E-state index is -0.122. The van der Waals surface area contributed by atoms with Gasteiger partial charge in [-0.05, 0) is 43.1 Å². The molecule has 0 radical (unpaired) electrons. The largest absolute Gasteiger partial charge is 0.383 e. The van der Waals surface area contributed by atoms with Crippen LogP contribution in [-0.4, -0.2) is 54.2 Å². The van der Waals surface area contributed by atoms with Crippen LogP contribution in [0.15, 0.2) is 48.8 Å². The van der Waals surface area contributed by atoms with Crippen molar-refractivity contribution in [1.82, 2.24) is 14.8 Å². The van der Waals surface area contributed by atoms with Crippen molar-refractivity contribution in [1.29, 1.82) is 0 Å². The van der Waals surface area contributed by atoms with Crippen molar-refractivity contribution in [3.05, 3.63) is 59.9 Å². The molecular weight excluding hydrogens is 376 g/mol. The number of benzene rings is 1. The number of anilines is 1. The second-order valence-electron chi connectivity index (χ2n) is 8.07.